The monoisotopic (exact) mass is 428 g/mol. The number of nitrogens with one attached hydrogen (secondary N) is 1. The average Bonchev–Trinajstić information content (AvgIpc) is 2.74. The second-order valence-corrected chi connectivity index (χ2v) is 8.28. The number of hydrogen-bond donors (Lipinski definition) is 1. The molecule has 3 rings (SSSR count). The minimum atomic E-state index is -4.24. The molecule has 0 aliphatic rings. The summed E-state index contributed by atoms with van der Waals surface area (Å²) < 4.78 is 47.1. The lowest BCUT2D eigenvalue weighted by Crippen LogP contribution is -2.26. The van der Waals surface area contributed by atoms with Gasteiger partial charge < -0.3 is 9.64 Å². The quantitative estimate of drug-likeness (QED) is 0.619. The minimum absolute atomic E-state index is 0.0740. The van der Waals surface area contributed by atoms with Crippen molar-refractivity contribution in [1.29, 1.82) is 0 Å². The molecular weight excluding hydrogens is 407 g/mol. The summed E-state index contributed by atoms with van der Waals surface area (Å²) in [5.74, 6) is -0.809. The Morgan fingerprint density at radius 3 is 2.33 bits per heavy atom. The summed E-state index contributed by atoms with van der Waals surface area (Å²) in [5, 5.41) is 0. The Bertz CT molecular complexity index is 1130. The third kappa shape index (κ3) is 4.96. The minimum Gasteiger partial charge on any atom is -0.497 e. The standard InChI is InChI=1S/C22H21FN2O4S/c1-25(15-16-6-4-3-5-7-16)22(26)17-8-13-20(23)21(14-17)30(27,28)24-18-9-11-19(29-2)12-10-18/h3-14,24H,15H2,1-2H3. The predicted molar refractivity (Wildman–Crippen MR) is 112 cm³/mol. The van der Waals surface area contributed by atoms with Gasteiger partial charge in [-0.05, 0) is 48.0 Å². The maximum Gasteiger partial charge on any atom is 0.264 e. The molecule has 0 atom stereocenters. The Balaban J connectivity index is 1.83. The number of anilines is 1. The summed E-state index contributed by atoms with van der Waals surface area (Å²) in [7, 11) is -1.15. The molecule has 0 aromatic heterocycles. The van der Waals surface area contributed by atoms with Gasteiger partial charge in [-0.2, -0.15) is 0 Å². The molecule has 3 aromatic carbocycles. The van der Waals surface area contributed by atoms with Crippen molar-refractivity contribution in [3.63, 3.8) is 0 Å². The maximum absolute atomic E-state index is 14.3. The lowest BCUT2D eigenvalue weighted by atomic mass is 10.1. The Morgan fingerprint density at radius 1 is 1.03 bits per heavy atom. The zero-order valence-electron chi connectivity index (χ0n) is 16.5. The number of hydrogen-bond acceptors (Lipinski definition) is 4. The van der Waals surface area contributed by atoms with E-state index in [1.54, 1.807) is 19.2 Å². The zero-order valence-corrected chi connectivity index (χ0v) is 17.3. The van der Waals surface area contributed by atoms with Crippen molar-refractivity contribution in [2.24, 2.45) is 0 Å². The lowest BCUT2D eigenvalue weighted by molar-refractivity contribution is 0.0784. The van der Waals surface area contributed by atoms with E-state index in [0.29, 0.717) is 12.3 Å². The van der Waals surface area contributed by atoms with E-state index in [1.165, 1.54) is 30.2 Å². The number of rotatable bonds is 7. The third-order valence-electron chi connectivity index (χ3n) is 4.42. The van der Waals surface area contributed by atoms with Gasteiger partial charge in [-0.25, -0.2) is 12.8 Å². The number of methoxy groups -OCH3 is 1. The fourth-order valence-electron chi connectivity index (χ4n) is 2.86. The summed E-state index contributed by atoms with van der Waals surface area (Å²) in [6, 6.07) is 18.8. The number of ether oxygens (including phenoxy) is 1. The molecule has 8 heteroatoms. The molecule has 1 amide bonds. The van der Waals surface area contributed by atoms with Gasteiger partial charge >= 0.3 is 0 Å². The highest BCUT2D eigenvalue weighted by atomic mass is 32.2. The predicted octanol–water partition coefficient (Wildman–Crippen LogP) is 3.91. The van der Waals surface area contributed by atoms with E-state index in [9.17, 15) is 17.6 Å². The van der Waals surface area contributed by atoms with Crippen molar-refractivity contribution in [1.82, 2.24) is 4.90 Å². The fraction of sp³-hybridized carbons (Fsp3) is 0.136. The highest BCUT2D eigenvalue weighted by Crippen LogP contribution is 2.23. The van der Waals surface area contributed by atoms with Crippen LogP contribution in [0.4, 0.5) is 10.1 Å². The van der Waals surface area contributed by atoms with Crippen LogP contribution in [-0.4, -0.2) is 33.4 Å². The lowest BCUT2D eigenvalue weighted by Gasteiger charge is -2.18. The van der Waals surface area contributed by atoms with Crippen molar-refractivity contribution in [2.45, 2.75) is 11.4 Å². The molecule has 0 saturated carbocycles. The number of benzene rings is 3. The van der Waals surface area contributed by atoms with Crippen LogP contribution < -0.4 is 9.46 Å². The second-order valence-electron chi connectivity index (χ2n) is 6.63. The number of amides is 1. The molecule has 0 fully saturated rings. The van der Waals surface area contributed by atoms with E-state index >= 15 is 0 Å². The zero-order chi connectivity index (χ0) is 21.7. The van der Waals surface area contributed by atoms with Crippen LogP contribution in [0.5, 0.6) is 5.75 Å². The largest absolute Gasteiger partial charge is 0.497 e. The van der Waals surface area contributed by atoms with Crippen LogP contribution in [0.3, 0.4) is 0 Å². The number of halogens is 1. The van der Waals surface area contributed by atoms with Crippen molar-refractivity contribution < 1.29 is 22.3 Å². The molecule has 0 aliphatic carbocycles. The molecule has 30 heavy (non-hydrogen) atoms. The van der Waals surface area contributed by atoms with E-state index in [4.69, 9.17) is 4.74 Å². The van der Waals surface area contributed by atoms with Crippen LogP contribution >= 0.6 is 0 Å². The summed E-state index contributed by atoms with van der Waals surface area (Å²) in [6.07, 6.45) is 0. The summed E-state index contributed by atoms with van der Waals surface area (Å²) in [6.45, 7) is 0.337. The average molecular weight is 428 g/mol. The van der Waals surface area contributed by atoms with Crippen molar-refractivity contribution >= 4 is 21.6 Å². The van der Waals surface area contributed by atoms with E-state index in [1.807, 2.05) is 30.3 Å². The molecule has 0 spiro atoms. The number of carbonyl (C=O) groups is 1. The Hall–Kier alpha value is -3.39. The summed E-state index contributed by atoms with van der Waals surface area (Å²) >= 11 is 0. The molecule has 156 valence electrons. The molecular formula is C22H21FN2O4S. The molecule has 0 saturated heterocycles. The highest BCUT2D eigenvalue weighted by molar-refractivity contribution is 7.92. The molecule has 0 radical (unpaired) electrons. The van der Waals surface area contributed by atoms with Gasteiger partial charge in [0.1, 0.15) is 16.5 Å². The molecule has 0 aliphatic heterocycles. The van der Waals surface area contributed by atoms with Crippen LogP contribution in [0.25, 0.3) is 0 Å². The second kappa shape index (κ2) is 8.96. The molecule has 1 N–H and O–H groups in total. The SMILES string of the molecule is COc1ccc(NS(=O)(=O)c2cc(C(=O)N(C)Cc3ccccc3)ccc2F)cc1. The van der Waals surface area contributed by atoms with E-state index < -0.39 is 26.6 Å². The van der Waals surface area contributed by atoms with Crippen LogP contribution in [-0.2, 0) is 16.6 Å². The van der Waals surface area contributed by atoms with E-state index in [-0.39, 0.29) is 11.3 Å². The Morgan fingerprint density at radius 2 is 1.70 bits per heavy atom. The summed E-state index contributed by atoms with van der Waals surface area (Å²) in [5.41, 5.74) is 1.24. The number of sulfonamides is 1. The molecule has 0 bridgehead atoms. The first-order chi connectivity index (χ1) is 14.3. The normalized spacial score (nSPS) is 11.0. The van der Waals surface area contributed by atoms with Gasteiger partial charge in [-0.15, -0.1) is 0 Å². The smallest absolute Gasteiger partial charge is 0.264 e. The third-order valence-corrected chi connectivity index (χ3v) is 5.82. The Kier molecular flexibility index (Phi) is 6.37. The molecule has 3 aromatic rings. The maximum atomic E-state index is 14.3. The van der Waals surface area contributed by atoms with Gasteiger partial charge in [0.2, 0.25) is 0 Å². The van der Waals surface area contributed by atoms with Crippen LogP contribution in [0.2, 0.25) is 0 Å². The van der Waals surface area contributed by atoms with Gasteiger partial charge in [0, 0.05) is 24.8 Å². The first kappa shape index (κ1) is 21.3. The van der Waals surface area contributed by atoms with Crippen LogP contribution in [0.15, 0.2) is 77.7 Å². The van der Waals surface area contributed by atoms with Gasteiger partial charge in [0.15, 0.2) is 0 Å². The molecule has 6 nitrogen and oxygen atoms in total. The van der Waals surface area contributed by atoms with E-state index in [0.717, 1.165) is 17.7 Å². The van der Waals surface area contributed by atoms with Crippen LogP contribution in [0.1, 0.15) is 15.9 Å². The van der Waals surface area contributed by atoms with Gasteiger partial charge in [-0.3, -0.25) is 9.52 Å². The van der Waals surface area contributed by atoms with Crippen LogP contribution in [0, 0.1) is 5.82 Å². The van der Waals surface area contributed by atoms with Crippen molar-refractivity contribution in [3.05, 3.63) is 89.7 Å². The van der Waals surface area contributed by atoms with Gasteiger partial charge in [0.05, 0.1) is 7.11 Å². The first-order valence-electron chi connectivity index (χ1n) is 9.06. The van der Waals surface area contributed by atoms with Gasteiger partial charge in [0.25, 0.3) is 15.9 Å². The highest BCUT2D eigenvalue weighted by Gasteiger charge is 2.22. The molecule has 0 unspecified atom stereocenters. The first-order valence-corrected chi connectivity index (χ1v) is 10.5. The van der Waals surface area contributed by atoms with Gasteiger partial charge in [-0.1, -0.05) is 30.3 Å². The van der Waals surface area contributed by atoms with Crippen molar-refractivity contribution in [2.75, 3.05) is 18.9 Å². The number of nitrogens with zero attached hydrogens (tertiary/aromatic N) is 1. The number of carbonyl (C=O) groups excluding carboxylic acids is 1. The van der Waals surface area contributed by atoms with Crippen molar-refractivity contribution in [3.8, 4) is 5.75 Å². The molecule has 0 heterocycles. The van der Waals surface area contributed by atoms with E-state index in [2.05, 4.69) is 4.72 Å². The fourth-order valence-corrected chi connectivity index (χ4v) is 4.02. The summed E-state index contributed by atoms with van der Waals surface area (Å²) in [4.78, 5) is 13.6. The Labute approximate surface area is 175 Å². The topological polar surface area (TPSA) is 75.7 Å².